The molecule has 132 valence electrons. The van der Waals surface area contributed by atoms with Crippen LogP contribution in [0.4, 0.5) is 0 Å². The van der Waals surface area contributed by atoms with Gasteiger partial charge in [0, 0.05) is 0 Å². The lowest BCUT2D eigenvalue weighted by molar-refractivity contribution is -0.909. The molecule has 0 radical (unpaired) electrons. The number of unbranched alkanes of at least 4 members (excludes halogenated alkanes) is 4. The fourth-order valence-electron chi connectivity index (χ4n) is 2.60. The SMILES string of the molecule is CC/C=C/CCCCCC[N+](CC(=O)[O-])(CC(=O)O)CC(=O)O. The van der Waals surface area contributed by atoms with Crippen molar-refractivity contribution in [2.75, 3.05) is 26.2 Å². The molecule has 0 bridgehead atoms. The molecular formula is C16H27NO6. The van der Waals surface area contributed by atoms with Crippen molar-refractivity contribution < 1.29 is 34.2 Å². The molecule has 0 aromatic rings. The maximum atomic E-state index is 11.0. The minimum absolute atomic E-state index is 0.206. The highest BCUT2D eigenvalue weighted by atomic mass is 16.4. The number of hydrogen-bond acceptors (Lipinski definition) is 4. The van der Waals surface area contributed by atoms with Gasteiger partial charge in [-0.05, 0) is 32.1 Å². The zero-order chi connectivity index (χ0) is 17.7. The van der Waals surface area contributed by atoms with Crippen LogP contribution in [-0.4, -0.2) is 58.8 Å². The summed E-state index contributed by atoms with van der Waals surface area (Å²) in [6.45, 7) is 0.616. The van der Waals surface area contributed by atoms with Crippen molar-refractivity contribution >= 4 is 17.9 Å². The molecule has 7 nitrogen and oxygen atoms in total. The number of quaternary nitrogens is 1. The maximum absolute atomic E-state index is 11.0. The van der Waals surface area contributed by atoms with Gasteiger partial charge in [-0.1, -0.05) is 25.5 Å². The minimum atomic E-state index is -1.43. The van der Waals surface area contributed by atoms with Crippen LogP contribution in [0.3, 0.4) is 0 Å². The number of carboxylic acids is 3. The van der Waals surface area contributed by atoms with E-state index in [9.17, 15) is 19.5 Å². The number of nitrogens with zero attached hydrogens (tertiary/aromatic N) is 1. The normalized spacial score (nSPS) is 11.7. The third kappa shape index (κ3) is 11.3. The molecule has 0 unspecified atom stereocenters. The van der Waals surface area contributed by atoms with Crippen molar-refractivity contribution in [3.8, 4) is 0 Å². The summed E-state index contributed by atoms with van der Waals surface area (Å²) in [6.07, 6.45) is 9.56. The van der Waals surface area contributed by atoms with Crippen molar-refractivity contribution in [2.24, 2.45) is 0 Å². The van der Waals surface area contributed by atoms with Crippen LogP contribution in [0.5, 0.6) is 0 Å². The molecule has 0 aliphatic carbocycles. The summed E-state index contributed by atoms with van der Waals surface area (Å²) in [6, 6.07) is 0. The van der Waals surface area contributed by atoms with E-state index >= 15 is 0 Å². The molecule has 0 amide bonds. The third-order valence-corrected chi connectivity index (χ3v) is 3.56. The summed E-state index contributed by atoms with van der Waals surface area (Å²) >= 11 is 0. The standard InChI is InChI=1S/C16H27NO6/c1-2-3-4-5-6-7-8-9-10-17(11-14(18)19,12-15(20)21)13-16(22)23/h3-4H,2,5-13H2,1H3,(H2-,18,19,20,21,22,23)/b4-3+. The van der Waals surface area contributed by atoms with Gasteiger partial charge in [0.25, 0.3) is 0 Å². The Labute approximate surface area is 136 Å². The van der Waals surface area contributed by atoms with Gasteiger partial charge in [-0.15, -0.1) is 0 Å². The topological polar surface area (TPSA) is 115 Å². The van der Waals surface area contributed by atoms with E-state index in [-0.39, 0.29) is 6.54 Å². The number of aliphatic carboxylic acids is 3. The first-order valence-electron chi connectivity index (χ1n) is 7.95. The summed E-state index contributed by atoms with van der Waals surface area (Å²) < 4.78 is -0.511. The molecule has 0 aliphatic rings. The van der Waals surface area contributed by atoms with Crippen LogP contribution in [-0.2, 0) is 14.4 Å². The Morgan fingerprint density at radius 2 is 1.48 bits per heavy atom. The lowest BCUT2D eigenvalue weighted by Crippen LogP contribution is -2.59. The molecule has 0 heterocycles. The van der Waals surface area contributed by atoms with E-state index in [1.807, 2.05) is 0 Å². The van der Waals surface area contributed by atoms with Gasteiger partial charge < -0.3 is 24.6 Å². The Morgan fingerprint density at radius 3 is 1.96 bits per heavy atom. The molecule has 0 saturated heterocycles. The second kappa shape index (κ2) is 11.6. The minimum Gasteiger partial charge on any atom is -0.544 e. The van der Waals surface area contributed by atoms with Crippen LogP contribution in [0, 0.1) is 0 Å². The predicted octanol–water partition coefficient (Wildman–Crippen LogP) is 0.639. The molecule has 0 atom stereocenters. The fraction of sp³-hybridized carbons (Fsp3) is 0.688. The average molecular weight is 329 g/mol. The molecule has 0 aliphatic heterocycles. The fourth-order valence-corrected chi connectivity index (χ4v) is 2.60. The molecule has 0 fully saturated rings. The molecular weight excluding hydrogens is 302 g/mol. The van der Waals surface area contributed by atoms with Crippen molar-refractivity contribution in [3.63, 3.8) is 0 Å². The predicted molar refractivity (Wildman–Crippen MR) is 82.5 cm³/mol. The Hall–Kier alpha value is -1.89. The quantitative estimate of drug-likeness (QED) is 0.274. The first-order valence-corrected chi connectivity index (χ1v) is 7.95. The number of carboxylic acid groups (broad SMARTS) is 3. The molecule has 2 N–H and O–H groups in total. The molecule has 7 heteroatoms. The maximum Gasteiger partial charge on any atom is 0.359 e. The van der Waals surface area contributed by atoms with Crippen molar-refractivity contribution in [1.82, 2.24) is 0 Å². The summed E-state index contributed by atoms with van der Waals surface area (Å²) in [5.41, 5.74) is 0. The summed E-state index contributed by atoms with van der Waals surface area (Å²) in [5.74, 6) is -3.85. The summed E-state index contributed by atoms with van der Waals surface area (Å²) in [5, 5.41) is 28.8. The van der Waals surface area contributed by atoms with Crippen LogP contribution in [0.25, 0.3) is 0 Å². The van der Waals surface area contributed by atoms with Crippen LogP contribution in [0.1, 0.15) is 45.4 Å². The van der Waals surface area contributed by atoms with E-state index < -0.39 is 42.0 Å². The van der Waals surface area contributed by atoms with Gasteiger partial charge in [0.15, 0.2) is 13.1 Å². The highest BCUT2D eigenvalue weighted by Crippen LogP contribution is 2.12. The monoisotopic (exact) mass is 329 g/mol. The molecule has 23 heavy (non-hydrogen) atoms. The zero-order valence-corrected chi connectivity index (χ0v) is 13.7. The lowest BCUT2D eigenvalue weighted by Gasteiger charge is -2.36. The van der Waals surface area contributed by atoms with E-state index in [0.29, 0.717) is 6.42 Å². The lowest BCUT2D eigenvalue weighted by atomic mass is 10.1. The average Bonchev–Trinajstić information content (AvgIpc) is 2.39. The number of carbonyl (C=O) groups excluding carboxylic acids is 1. The van der Waals surface area contributed by atoms with Gasteiger partial charge in [0.2, 0.25) is 0 Å². The third-order valence-electron chi connectivity index (χ3n) is 3.56. The van der Waals surface area contributed by atoms with Crippen LogP contribution in [0.2, 0.25) is 0 Å². The Morgan fingerprint density at radius 1 is 0.913 bits per heavy atom. The Bertz CT molecular complexity index is 378. The Kier molecular flexibility index (Phi) is 10.7. The smallest absolute Gasteiger partial charge is 0.359 e. The van der Waals surface area contributed by atoms with Gasteiger partial charge in [-0.3, -0.25) is 0 Å². The second-order valence-electron chi connectivity index (χ2n) is 5.78. The van der Waals surface area contributed by atoms with Crippen molar-refractivity contribution in [2.45, 2.75) is 45.4 Å². The van der Waals surface area contributed by atoms with Gasteiger partial charge >= 0.3 is 11.9 Å². The first kappa shape index (κ1) is 21.1. The van der Waals surface area contributed by atoms with E-state index in [0.717, 1.165) is 32.1 Å². The number of allylic oxidation sites excluding steroid dienone is 2. The van der Waals surface area contributed by atoms with E-state index in [1.54, 1.807) is 0 Å². The van der Waals surface area contributed by atoms with E-state index in [1.165, 1.54) is 0 Å². The van der Waals surface area contributed by atoms with Crippen LogP contribution >= 0.6 is 0 Å². The van der Waals surface area contributed by atoms with Gasteiger partial charge in [0.1, 0.15) is 6.54 Å². The van der Waals surface area contributed by atoms with E-state index in [2.05, 4.69) is 19.1 Å². The number of rotatable bonds is 14. The van der Waals surface area contributed by atoms with Crippen molar-refractivity contribution in [3.05, 3.63) is 12.2 Å². The van der Waals surface area contributed by atoms with Crippen molar-refractivity contribution in [1.29, 1.82) is 0 Å². The second-order valence-corrected chi connectivity index (χ2v) is 5.78. The van der Waals surface area contributed by atoms with Gasteiger partial charge in [-0.2, -0.15) is 0 Å². The van der Waals surface area contributed by atoms with Gasteiger partial charge in [-0.25, -0.2) is 9.59 Å². The highest BCUT2D eigenvalue weighted by Gasteiger charge is 2.33. The summed E-state index contributed by atoms with van der Waals surface area (Å²) in [7, 11) is 0. The first-order chi connectivity index (χ1) is 10.8. The van der Waals surface area contributed by atoms with E-state index in [4.69, 9.17) is 10.2 Å². The molecule has 0 spiro atoms. The molecule has 0 rings (SSSR count). The molecule has 0 aromatic heterocycles. The largest absolute Gasteiger partial charge is 0.544 e. The highest BCUT2D eigenvalue weighted by molar-refractivity contribution is 5.72. The van der Waals surface area contributed by atoms with Crippen LogP contribution in [0.15, 0.2) is 12.2 Å². The zero-order valence-electron chi connectivity index (χ0n) is 13.7. The van der Waals surface area contributed by atoms with Gasteiger partial charge in [0.05, 0.1) is 12.5 Å². The Balaban J connectivity index is 4.49. The molecule has 0 aromatic carbocycles. The number of hydrogen-bond donors (Lipinski definition) is 2. The molecule has 0 saturated carbocycles. The number of carbonyl (C=O) groups is 3. The van der Waals surface area contributed by atoms with Crippen LogP contribution < -0.4 is 5.11 Å². The summed E-state index contributed by atoms with van der Waals surface area (Å²) in [4.78, 5) is 32.9.